The number of piperidine rings is 1. The Morgan fingerprint density at radius 1 is 1.04 bits per heavy atom. The molecule has 1 atom stereocenters. The van der Waals surface area contributed by atoms with E-state index in [2.05, 4.69) is 41.7 Å². The summed E-state index contributed by atoms with van der Waals surface area (Å²) in [7, 11) is 1.65. The molecule has 2 amide bonds. The lowest BCUT2D eigenvalue weighted by Gasteiger charge is -2.32. The fourth-order valence-electron chi connectivity index (χ4n) is 3.53. The number of carbonyl (C=O) groups is 2. The zero-order chi connectivity index (χ0) is 18.4. The van der Waals surface area contributed by atoms with Gasteiger partial charge >= 0.3 is 0 Å². The summed E-state index contributed by atoms with van der Waals surface area (Å²) in [5, 5.41) is 2.69. The van der Waals surface area contributed by atoms with Crippen LogP contribution in [0.4, 0.5) is 0 Å². The molecular formula is C22H26N2O2. The van der Waals surface area contributed by atoms with Gasteiger partial charge < -0.3 is 10.2 Å². The predicted octanol–water partition coefficient (Wildman–Crippen LogP) is 3.27. The van der Waals surface area contributed by atoms with Gasteiger partial charge in [0, 0.05) is 26.6 Å². The highest BCUT2D eigenvalue weighted by Crippen LogP contribution is 2.21. The Morgan fingerprint density at radius 3 is 2.42 bits per heavy atom. The highest BCUT2D eigenvalue weighted by Gasteiger charge is 2.27. The molecule has 0 saturated carbocycles. The molecule has 0 aromatic heterocycles. The van der Waals surface area contributed by atoms with Crippen LogP contribution in [-0.4, -0.2) is 36.9 Å². The fraction of sp³-hybridized carbons (Fsp3) is 0.364. The molecule has 136 valence electrons. The normalized spacial score (nSPS) is 17.0. The first-order valence-corrected chi connectivity index (χ1v) is 9.31. The number of amides is 2. The van der Waals surface area contributed by atoms with E-state index in [9.17, 15) is 9.59 Å². The van der Waals surface area contributed by atoms with Gasteiger partial charge in [-0.15, -0.1) is 0 Å². The average Bonchev–Trinajstić information content (AvgIpc) is 2.72. The second kappa shape index (κ2) is 8.65. The molecule has 1 aliphatic heterocycles. The van der Waals surface area contributed by atoms with Crippen LogP contribution in [0, 0.1) is 5.92 Å². The SMILES string of the molecule is CNC(=O)[C@@H]1CCCN(C(=O)CCc2ccc(-c3ccccc3)cc2)C1. The number of nitrogens with zero attached hydrogens (tertiary/aromatic N) is 1. The van der Waals surface area contributed by atoms with E-state index in [1.165, 1.54) is 11.1 Å². The van der Waals surface area contributed by atoms with Crippen LogP contribution in [0.2, 0.25) is 0 Å². The summed E-state index contributed by atoms with van der Waals surface area (Å²) in [6, 6.07) is 18.7. The molecule has 4 nitrogen and oxygen atoms in total. The van der Waals surface area contributed by atoms with Crippen LogP contribution in [-0.2, 0) is 16.0 Å². The van der Waals surface area contributed by atoms with E-state index in [-0.39, 0.29) is 17.7 Å². The van der Waals surface area contributed by atoms with Crippen LogP contribution in [0.3, 0.4) is 0 Å². The number of benzene rings is 2. The number of rotatable bonds is 5. The Balaban J connectivity index is 1.53. The van der Waals surface area contributed by atoms with Crippen molar-refractivity contribution in [1.29, 1.82) is 0 Å². The summed E-state index contributed by atoms with van der Waals surface area (Å²) in [4.78, 5) is 26.2. The summed E-state index contributed by atoms with van der Waals surface area (Å²) in [5.41, 5.74) is 3.55. The minimum absolute atomic E-state index is 0.0407. The standard InChI is InChI=1S/C22H26N2O2/c1-23-22(26)20-8-5-15-24(16-20)21(25)14-11-17-9-12-19(13-10-17)18-6-3-2-4-7-18/h2-4,6-7,9-10,12-13,20H,5,8,11,14-16H2,1H3,(H,23,26)/t20-/m1/s1. The minimum atomic E-state index is -0.0668. The van der Waals surface area contributed by atoms with Gasteiger partial charge in [-0.2, -0.15) is 0 Å². The van der Waals surface area contributed by atoms with E-state index in [1.807, 2.05) is 23.1 Å². The van der Waals surface area contributed by atoms with E-state index in [0.29, 0.717) is 13.0 Å². The van der Waals surface area contributed by atoms with Gasteiger partial charge in [0.1, 0.15) is 0 Å². The maximum Gasteiger partial charge on any atom is 0.224 e. The molecule has 3 rings (SSSR count). The molecular weight excluding hydrogens is 324 g/mol. The van der Waals surface area contributed by atoms with E-state index in [4.69, 9.17) is 0 Å². The Bertz CT molecular complexity index is 740. The van der Waals surface area contributed by atoms with E-state index < -0.39 is 0 Å². The monoisotopic (exact) mass is 350 g/mol. The lowest BCUT2D eigenvalue weighted by molar-refractivity contribution is -0.135. The first-order valence-electron chi connectivity index (χ1n) is 9.31. The third-order valence-electron chi connectivity index (χ3n) is 5.08. The first-order chi connectivity index (χ1) is 12.7. The third kappa shape index (κ3) is 4.51. The molecule has 2 aromatic carbocycles. The maximum atomic E-state index is 12.5. The topological polar surface area (TPSA) is 49.4 Å². The van der Waals surface area contributed by atoms with Crippen LogP contribution in [0.25, 0.3) is 11.1 Å². The summed E-state index contributed by atoms with van der Waals surface area (Å²) in [6.07, 6.45) is 2.99. The van der Waals surface area contributed by atoms with Crippen molar-refractivity contribution < 1.29 is 9.59 Å². The number of aryl methyl sites for hydroxylation is 1. The molecule has 0 unspecified atom stereocenters. The Labute approximate surface area is 155 Å². The Kier molecular flexibility index (Phi) is 6.05. The van der Waals surface area contributed by atoms with Crippen LogP contribution < -0.4 is 5.32 Å². The zero-order valence-electron chi connectivity index (χ0n) is 15.3. The van der Waals surface area contributed by atoms with Crippen molar-refractivity contribution in [2.45, 2.75) is 25.7 Å². The molecule has 2 aromatic rings. The minimum Gasteiger partial charge on any atom is -0.359 e. The van der Waals surface area contributed by atoms with Gasteiger partial charge in [0.2, 0.25) is 11.8 Å². The largest absolute Gasteiger partial charge is 0.359 e. The highest BCUT2D eigenvalue weighted by molar-refractivity contribution is 5.81. The number of nitrogens with one attached hydrogen (secondary N) is 1. The maximum absolute atomic E-state index is 12.5. The Hall–Kier alpha value is -2.62. The average molecular weight is 350 g/mol. The molecule has 0 spiro atoms. The molecule has 1 saturated heterocycles. The summed E-state index contributed by atoms with van der Waals surface area (Å²) < 4.78 is 0. The van der Waals surface area contributed by atoms with Gasteiger partial charge in [0.05, 0.1) is 5.92 Å². The lowest BCUT2D eigenvalue weighted by atomic mass is 9.96. The smallest absolute Gasteiger partial charge is 0.224 e. The van der Waals surface area contributed by atoms with Crippen molar-refractivity contribution in [3.05, 3.63) is 60.2 Å². The number of carbonyl (C=O) groups excluding carboxylic acids is 2. The Morgan fingerprint density at radius 2 is 1.73 bits per heavy atom. The van der Waals surface area contributed by atoms with Crippen molar-refractivity contribution in [2.75, 3.05) is 20.1 Å². The molecule has 1 aliphatic rings. The van der Waals surface area contributed by atoms with E-state index in [0.717, 1.165) is 31.4 Å². The zero-order valence-corrected chi connectivity index (χ0v) is 15.3. The molecule has 1 fully saturated rings. The molecule has 0 aliphatic carbocycles. The number of hydrogen-bond acceptors (Lipinski definition) is 2. The lowest BCUT2D eigenvalue weighted by Crippen LogP contribution is -2.44. The molecule has 0 radical (unpaired) electrons. The van der Waals surface area contributed by atoms with E-state index in [1.54, 1.807) is 7.05 Å². The van der Waals surface area contributed by atoms with Crippen LogP contribution >= 0.6 is 0 Å². The molecule has 0 bridgehead atoms. The van der Waals surface area contributed by atoms with Gasteiger partial charge in [0.25, 0.3) is 0 Å². The second-order valence-corrected chi connectivity index (χ2v) is 6.86. The molecule has 1 heterocycles. The summed E-state index contributed by atoms with van der Waals surface area (Å²) >= 11 is 0. The van der Waals surface area contributed by atoms with Crippen molar-refractivity contribution in [1.82, 2.24) is 10.2 Å². The van der Waals surface area contributed by atoms with Gasteiger partial charge in [-0.25, -0.2) is 0 Å². The molecule has 4 heteroatoms. The fourth-order valence-corrected chi connectivity index (χ4v) is 3.53. The first kappa shape index (κ1) is 18.2. The van der Waals surface area contributed by atoms with Crippen molar-refractivity contribution >= 4 is 11.8 Å². The van der Waals surface area contributed by atoms with Gasteiger partial charge in [-0.05, 0) is 36.0 Å². The van der Waals surface area contributed by atoms with Crippen molar-refractivity contribution in [2.24, 2.45) is 5.92 Å². The number of likely N-dealkylation sites (tertiary alicyclic amines) is 1. The quantitative estimate of drug-likeness (QED) is 0.900. The molecule has 1 N–H and O–H groups in total. The van der Waals surface area contributed by atoms with Crippen LogP contribution in [0.15, 0.2) is 54.6 Å². The third-order valence-corrected chi connectivity index (χ3v) is 5.08. The van der Waals surface area contributed by atoms with Crippen molar-refractivity contribution in [3.63, 3.8) is 0 Å². The number of hydrogen-bond donors (Lipinski definition) is 1. The van der Waals surface area contributed by atoms with Crippen LogP contribution in [0.1, 0.15) is 24.8 Å². The van der Waals surface area contributed by atoms with Gasteiger partial charge in [0.15, 0.2) is 0 Å². The van der Waals surface area contributed by atoms with E-state index >= 15 is 0 Å². The molecule has 26 heavy (non-hydrogen) atoms. The highest BCUT2D eigenvalue weighted by atomic mass is 16.2. The van der Waals surface area contributed by atoms with Crippen molar-refractivity contribution in [3.8, 4) is 11.1 Å². The van der Waals surface area contributed by atoms with Gasteiger partial charge in [-0.3, -0.25) is 9.59 Å². The van der Waals surface area contributed by atoms with Gasteiger partial charge in [-0.1, -0.05) is 54.6 Å². The summed E-state index contributed by atoms with van der Waals surface area (Å²) in [6.45, 7) is 1.31. The van der Waals surface area contributed by atoms with Crippen LogP contribution in [0.5, 0.6) is 0 Å². The second-order valence-electron chi connectivity index (χ2n) is 6.86. The summed E-state index contributed by atoms with van der Waals surface area (Å²) in [5.74, 6) is 0.118. The predicted molar refractivity (Wildman–Crippen MR) is 104 cm³/mol.